The second kappa shape index (κ2) is 7.55. The Balaban J connectivity index is 1.66. The number of anilines is 1. The fourth-order valence-corrected chi connectivity index (χ4v) is 3.45. The Kier molecular flexibility index (Phi) is 5.22. The van der Waals surface area contributed by atoms with Crippen molar-refractivity contribution in [1.29, 1.82) is 0 Å². The summed E-state index contributed by atoms with van der Waals surface area (Å²) < 4.78 is 6.13. The molecule has 2 heterocycles. The number of carbonyl (C=O) groups excluding carboxylic acids is 1. The molecule has 0 radical (unpaired) electrons. The van der Waals surface area contributed by atoms with Gasteiger partial charge in [0.25, 0.3) is 5.91 Å². The number of nitrogens with one attached hydrogen (secondary N) is 2. The molecule has 1 amide bonds. The molecule has 3 aromatic rings. The first kappa shape index (κ1) is 16.6. The number of rotatable bonds is 5. The molecule has 0 aliphatic heterocycles. The topological polar surface area (TPSA) is 67.2 Å². The lowest BCUT2D eigenvalue weighted by atomic mass is 10.1. The number of thiazole rings is 1. The lowest BCUT2D eigenvalue weighted by Gasteiger charge is -2.04. The molecule has 0 bridgehead atoms. The Labute approximate surface area is 149 Å². The maximum absolute atomic E-state index is 11.9. The van der Waals surface area contributed by atoms with Crippen molar-refractivity contribution in [2.24, 2.45) is 0 Å². The van der Waals surface area contributed by atoms with Gasteiger partial charge in [0, 0.05) is 0 Å². The summed E-state index contributed by atoms with van der Waals surface area (Å²) in [5.41, 5.74) is 2.23. The molecule has 0 spiro atoms. The maximum Gasteiger partial charge on any atom is 0.293 e. The third-order valence-electron chi connectivity index (χ3n) is 3.46. The number of benzene rings is 1. The Morgan fingerprint density at radius 3 is 3.00 bits per heavy atom. The van der Waals surface area contributed by atoms with Crippen molar-refractivity contribution >= 4 is 49.9 Å². The van der Waals surface area contributed by atoms with Crippen LogP contribution in [0.5, 0.6) is 0 Å². The quantitative estimate of drug-likeness (QED) is 0.663. The Morgan fingerprint density at radius 2 is 2.25 bits per heavy atom. The van der Waals surface area contributed by atoms with E-state index < -0.39 is 0 Å². The number of furan rings is 1. The zero-order chi connectivity index (χ0) is 16.9. The maximum atomic E-state index is 11.9. The predicted molar refractivity (Wildman–Crippen MR) is 101 cm³/mol. The van der Waals surface area contributed by atoms with Gasteiger partial charge in [-0.2, -0.15) is 0 Å². The fourth-order valence-electron chi connectivity index (χ4n) is 2.26. The smallest absolute Gasteiger partial charge is 0.293 e. The zero-order valence-corrected chi connectivity index (χ0v) is 14.8. The molecular weight excluding hydrogens is 342 g/mol. The minimum atomic E-state index is -0.388. The van der Waals surface area contributed by atoms with Gasteiger partial charge < -0.3 is 9.73 Å². The van der Waals surface area contributed by atoms with Gasteiger partial charge in [-0.1, -0.05) is 30.7 Å². The summed E-state index contributed by atoms with van der Waals surface area (Å²) in [6, 6.07) is 9.52. The van der Waals surface area contributed by atoms with Crippen LogP contribution in [0.3, 0.4) is 0 Å². The van der Waals surface area contributed by atoms with E-state index in [1.807, 2.05) is 6.07 Å². The molecule has 0 aliphatic carbocycles. The van der Waals surface area contributed by atoms with Crippen molar-refractivity contribution in [3.05, 3.63) is 47.9 Å². The van der Waals surface area contributed by atoms with Gasteiger partial charge in [-0.3, -0.25) is 10.1 Å². The van der Waals surface area contributed by atoms with Crippen molar-refractivity contribution in [3.8, 4) is 0 Å². The Hall–Kier alpha value is -2.25. The van der Waals surface area contributed by atoms with Crippen LogP contribution in [0.4, 0.5) is 5.13 Å². The number of thiocarbonyl (C=S) groups is 1. The first-order chi connectivity index (χ1) is 11.7. The van der Waals surface area contributed by atoms with Crippen molar-refractivity contribution in [2.75, 3.05) is 5.32 Å². The van der Waals surface area contributed by atoms with E-state index in [-0.39, 0.29) is 16.8 Å². The summed E-state index contributed by atoms with van der Waals surface area (Å²) in [6.07, 6.45) is 4.87. The van der Waals surface area contributed by atoms with Gasteiger partial charge in [0.1, 0.15) is 0 Å². The lowest BCUT2D eigenvalue weighted by Crippen LogP contribution is -2.33. The molecule has 0 aliphatic rings. The van der Waals surface area contributed by atoms with E-state index >= 15 is 0 Å². The number of fused-ring (bicyclic) bond motifs is 1. The van der Waals surface area contributed by atoms with Gasteiger partial charge in [-0.15, -0.1) is 0 Å². The highest BCUT2D eigenvalue weighted by atomic mass is 32.1. The van der Waals surface area contributed by atoms with E-state index in [1.165, 1.54) is 36.0 Å². The van der Waals surface area contributed by atoms with Crippen molar-refractivity contribution in [2.45, 2.75) is 26.2 Å². The number of amides is 1. The first-order valence-corrected chi connectivity index (χ1v) is 8.93. The van der Waals surface area contributed by atoms with Crippen molar-refractivity contribution in [1.82, 2.24) is 10.3 Å². The van der Waals surface area contributed by atoms with Crippen molar-refractivity contribution < 1.29 is 9.21 Å². The standard InChI is InChI=1S/C17H17N3O2S2/c1-2-3-5-11-7-8-12-14(10-11)24-17(18-12)20-16(23)19-15(21)13-6-4-9-22-13/h4,6-10H,2-3,5H2,1H3,(H2,18,19,20,21,23). The minimum absolute atomic E-state index is 0.196. The Morgan fingerprint density at radius 1 is 1.38 bits per heavy atom. The summed E-state index contributed by atoms with van der Waals surface area (Å²) in [6.45, 7) is 2.19. The highest BCUT2D eigenvalue weighted by molar-refractivity contribution is 7.80. The molecule has 0 saturated carbocycles. The van der Waals surface area contributed by atoms with E-state index in [9.17, 15) is 4.79 Å². The van der Waals surface area contributed by atoms with Crippen LogP contribution in [0.15, 0.2) is 41.0 Å². The lowest BCUT2D eigenvalue weighted by molar-refractivity contribution is 0.0950. The number of aromatic nitrogens is 1. The van der Waals surface area contributed by atoms with E-state index in [0.717, 1.165) is 16.6 Å². The molecule has 124 valence electrons. The number of carbonyl (C=O) groups is 1. The van der Waals surface area contributed by atoms with Crippen LogP contribution in [0.1, 0.15) is 35.9 Å². The molecular formula is C17H17N3O2S2. The second-order valence-electron chi connectivity index (χ2n) is 5.31. The molecule has 24 heavy (non-hydrogen) atoms. The average molecular weight is 359 g/mol. The third kappa shape index (κ3) is 3.98. The summed E-state index contributed by atoms with van der Waals surface area (Å²) >= 11 is 6.67. The number of hydrogen-bond acceptors (Lipinski definition) is 5. The second-order valence-corrected chi connectivity index (χ2v) is 6.75. The van der Waals surface area contributed by atoms with Crippen LogP contribution >= 0.6 is 23.6 Å². The van der Waals surface area contributed by atoms with Gasteiger partial charge in [0.05, 0.1) is 16.5 Å². The predicted octanol–water partition coefficient (Wildman–Crippen LogP) is 4.36. The number of unbranched alkanes of at least 4 members (excludes halogenated alkanes) is 1. The van der Waals surface area contributed by atoms with Gasteiger partial charge in [-0.05, 0) is 54.9 Å². The van der Waals surface area contributed by atoms with Crippen LogP contribution in [0.2, 0.25) is 0 Å². The first-order valence-electron chi connectivity index (χ1n) is 7.71. The Bertz CT molecular complexity index is 856. The summed E-state index contributed by atoms with van der Waals surface area (Å²) in [4.78, 5) is 16.4. The van der Waals surface area contributed by atoms with E-state index in [2.05, 4.69) is 34.7 Å². The van der Waals surface area contributed by atoms with Crippen LogP contribution < -0.4 is 10.6 Å². The molecule has 0 unspecified atom stereocenters. The van der Waals surface area contributed by atoms with E-state index in [1.54, 1.807) is 12.1 Å². The molecule has 0 fully saturated rings. The number of aryl methyl sites for hydroxylation is 1. The molecule has 1 aromatic carbocycles. The van der Waals surface area contributed by atoms with Gasteiger partial charge in [-0.25, -0.2) is 4.98 Å². The largest absolute Gasteiger partial charge is 0.459 e. The monoisotopic (exact) mass is 359 g/mol. The van der Waals surface area contributed by atoms with Crippen molar-refractivity contribution in [3.63, 3.8) is 0 Å². The fraction of sp³-hybridized carbons (Fsp3) is 0.235. The highest BCUT2D eigenvalue weighted by Gasteiger charge is 2.12. The number of hydrogen-bond donors (Lipinski definition) is 2. The summed E-state index contributed by atoms with van der Waals surface area (Å²) in [5.74, 6) is -0.176. The van der Waals surface area contributed by atoms with Crippen LogP contribution in [0, 0.1) is 0 Å². The highest BCUT2D eigenvalue weighted by Crippen LogP contribution is 2.27. The van der Waals surface area contributed by atoms with Gasteiger partial charge in [0.2, 0.25) is 0 Å². The third-order valence-corrected chi connectivity index (χ3v) is 4.60. The summed E-state index contributed by atoms with van der Waals surface area (Å²) in [5, 5.41) is 6.37. The van der Waals surface area contributed by atoms with E-state index in [4.69, 9.17) is 16.6 Å². The molecule has 0 saturated heterocycles. The molecule has 0 atom stereocenters. The molecule has 7 heteroatoms. The molecule has 2 aromatic heterocycles. The van der Waals surface area contributed by atoms with E-state index in [0.29, 0.717) is 5.13 Å². The van der Waals surface area contributed by atoms with Crippen LogP contribution in [-0.4, -0.2) is 16.0 Å². The van der Waals surface area contributed by atoms with Crippen LogP contribution in [-0.2, 0) is 6.42 Å². The van der Waals surface area contributed by atoms with Gasteiger partial charge in [0.15, 0.2) is 16.0 Å². The molecule has 2 N–H and O–H groups in total. The molecule has 5 nitrogen and oxygen atoms in total. The van der Waals surface area contributed by atoms with Gasteiger partial charge >= 0.3 is 0 Å². The summed E-state index contributed by atoms with van der Waals surface area (Å²) in [7, 11) is 0. The average Bonchev–Trinajstić information content (AvgIpc) is 3.21. The normalized spacial score (nSPS) is 10.7. The zero-order valence-electron chi connectivity index (χ0n) is 13.2. The van der Waals surface area contributed by atoms with Crippen LogP contribution in [0.25, 0.3) is 10.2 Å². The molecule has 3 rings (SSSR count). The number of nitrogens with zero attached hydrogens (tertiary/aromatic N) is 1. The minimum Gasteiger partial charge on any atom is -0.459 e. The SMILES string of the molecule is CCCCc1ccc2nc(NC(=S)NC(=O)c3ccco3)sc2c1.